The zero-order valence-corrected chi connectivity index (χ0v) is 20.4. The summed E-state index contributed by atoms with van der Waals surface area (Å²) in [5.74, 6) is 0. The Labute approximate surface area is 144 Å². The molecule has 0 bridgehead atoms. The van der Waals surface area contributed by atoms with E-state index in [4.69, 9.17) is 8.56 Å². The quantitative estimate of drug-likeness (QED) is 0.433. The van der Waals surface area contributed by atoms with Crippen molar-refractivity contribution in [3.05, 3.63) is 20.7 Å². The van der Waals surface area contributed by atoms with Crippen molar-refractivity contribution in [1.82, 2.24) is 0 Å². The second-order valence-electron chi connectivity index (χ2n) is 7.80. The Bertz CT molecular complexity index is 407. The van der Waals surface area contributed by atoms with Crippen molar-refractivity contribution in [1.29, 1.82) is 0 Å². The molecular formula is C17H34HfO3Si. The van der Waals surface area contributed by atoms with Crippen molar-refractivity contribution < 1.29 is 29.8 Å². The zero-order chi connectivity index (χ0) is 17.1. The second kappa shape index (κ2) is 8.02. The van der Waals surface area contributed by atoms with Gasteiger partial charge in [0, 0.05) is 0 Å². The van der Waals surface area contributed by atoms with Gasteiger partial charge in [-0.25, -0.2) is 0 Å². The van der Waals surface area contributed by atoms with Crippen LogP contribution in [0.4, 0.5) is 0 Å². The van der Waals surface area contributed by atoms with Gasteiger partial charge in [-0.2, -0.15) is 0 Å². The maximum absolute atomic E-state index is 6.47. The Morgan fingerprint density at radius 2 is 1.27 bits per heavy atom. The zero-order valence-electron chi connectivity index (χ0n) is 15.8. The Hall–Kier alpha value is 0.447. The van der Waals surface area contributed by atoms with Crippen LogP contribution in [-0.4, -0.2) is 26.4 Å². The molecule has 5 heteroatoms. The fourth-order valence-corrected chi connectivity index (χ4v) is 21.3. The van der Waals surface area contributed by atoms with E-state index in [1.807, 2.05) is 0 Å². The van der Waals surface area contributed by atoms with Crippen molar-refractivity contribution in [3.8, 4) is 0 Å². The molecule has 0 aromatic heterocycles. The average Bonchev–Trinajstić information content (AvgIpc) is 2.73. The van der Waals surface area contributed by atoms with E-state index >= 15 is 0 Å². The summed E-state index contributed by atoms with van der Waals surface area (Å²) in [5.41, 5.74) is 0. The van der Waals surface area contributed by atoms with Gasteiger partial charge in [0.2, 0.25) is 0 Å². The van der Waals surface area contributed by atoms with Gasteiger partial charge in [0.05, 0.1) is 0 Å². The Morgan fingerprint density at radius 3 is 1.59 bits per heavy atom. The summed E-state index contributed by atoms with van der Waals surface area (Å²) in [7, 11) is -1.44. The topological polar surface area (TPSA) is 27.7 Å². The van der Waals surface area contributed by atoms with Crippen LogP contribution in [0.5, 0.6) is 0 Å². The second-order valence-corrected chi connectivity index (χ2v) is 21.5. The molecule has 0 aliphatic heterocycles. The molecule has 0 heterocycles. The van der Waals surface area contributed by atoms with Crippen molar-refractivity contribution in [2.45, 2.75) is 85.9 Å². The molecule has 1 aliphatic carbocycles. The summed E-state index contributed by atoms with van der Waals surface area (Å²) in [6.45, 7) is 19.7. The molecule has 0 atom stereocenters. The molecule has 128 valence electrons. The van der Waals surface area contributed by atoms with Crippen molar-refractivity contribution >= 4 is 8.07 Å². The van der Waals surface area contributed by atoms with Gasteiger partial charge in [-0.15, -0.1) is 0 Å². The maximum atomic E-state index is 6.47. The van der Waals surface area contributed by atoms with Crippen LogP contribution in [0.3, 0.4) is 0 Å². The Kier molecular flexibility index (Phi) is 7.47. The molecule has 1 rings (SSSR count). The molecule has 0 saturated heterocycles. The molecule has 22 heavy (non-hydrogen) atoms. The number of rotatable bonds is 8. The van der Waals surface area contributed by atoms with E-state index < -0.39 is 29.4 Å². The fraction of sp³-hybridized carbons (Fsp3) is 0.765. The normalized spacial score (nSPS) is 16.7. The predicted molar refractivity (Wildman–Crippen MR) is 92.8 cm³/mol. The summed E-state index contributed by atoms with van der Waals surface area (Å²) >= 11 is -3.95. The van der Waals surface area contributed by atoms with Crippen LogP contribution in [0.1, 0.15) is 48.0 Å². The van der Waals surface area contributed by atoms with Crippen LogP contribution >= 0.6 is 0 Å². The van der Waals surface area contributed by atoms with Gasteiger partial charge in [-0.3, -0.25) is 0 Å². The molecule has 0 aromatic rings. The minimum absolute atomic E-state index is 0.121. The van der Waals surface area contributed by atoms with E-state index in [1.54, 1.807) is 0 Å². The summed E-state index contributed by atoms with van der Waals surface area (Å²) in [5, 5.41) is 1.48. The molecule has 0 amide bonds. The first kappa shape index (κ1) is 20.5. The standard InChI is InChI=1S/C8H13Si.3C3H7O.Hf/c1-9(2,3)8-6-4-5-7-8;3*1-3(2)4;/h4,6H,5H2,1-3H3;3*3H,1-2H3;/q;3*-1;+3. The molecular weight excluding hydrogens is 459 g/mol. The fourth-order valence-electron chi connectivity index (χ4n) is 2.73. The van der Waals surface area contributed by atoms with Crippen LogP contribution < -0.4 is 0 Å². The van der Waals surface area contributed by atoms with Crippen molar-refractivity contribution in [2.75, 3.05) is 0 Å². The molecule has 1 aliphatic rings. The SMILES string of the molecule is CC(C)[O][Hf]([O]C(C)C)([O]C(C)C)[C]1=C([Si](C)(C)C)C=CC1. The third-order valence-electron chi connectivity index (χ3n) is 3.28. The molecule has 0 N–H and O–H groups in total. The Morgan fingerprint density at radius 1 is 0.864 bits per heavy atom. The molecule has 0 saturated carbocycles. The van der Waals surface area contributed by atoms with Crippen LogP contribution in [-0.2, 0) is 29.8 Å². The molecule has 3 nitrogen and oxygen atoms in total. The van der Waals surface area contributed by atoms with Crippen LogP contribution in [0.2, 0.25) is 19.6 Å². The minimum atomic E-state index is -3.95. The molecule has 0 spiro atoms. The first-order valence-corrected chi connectivity index (χ1v) is 18.1. The van der Waals surface area contributed by atoms with E-state index in [0.717, 1.165) is 6.42 Å². The van der Waals surface area contributed by atoms with Crippen LogP contribution in [0, 0.1) is 0 Å². The summed E-state index contributed by atoms with van der Waals surface area (Å²) in [6, 6.07) is 0. The van der Waals surface area contributed by atoms with E-state index in [1.165, 1.54) is 8.53 Å². The van der Waals surface area contributed by atoms with Crippen molar-refractivity contribution in [2.24, 2.45) is 0 Å². The first-order valence-electron chi connectivity index (χ1n) is 8.42. The molecule has 0 fully saturated rings. The predicted octanol–water partition coefficient (Wildman–Crippen LogP) is 5.25. The number of hydrogen-bond donors (Lipinski definition) is 0. The monoisotopic (exact) mass is 494 g/mol. The van der Waals surface area contributed by atoms with Gasteiger partial charge in [-0.1, -0.05) is 0 Å². The third-order valence-corrected chi connectivity index (χ3v) is 19.0. The average molecular weight is 493 g/mol. The number of allylic oxidation sites excluding steroid dienone is 4. The molecule has 0 radical (unpaired) electrons. The molecule has 0 aromatic carbocycles. The van der Waals surface area contributed by atoms with E-state index in [0.29, 0.717) is 0 Å². The summed E-state index contributed by atoms with van der Waals surface area (Å²) < 4.78 is 20.8. The first-order chi connectivity index (χ1) is 9.98. The van der Waals surface area contributed by atoms with Crippen LogP contribution in [0.15, 0.2) is 20.7 Å². The van der Waals surface area contributed by atoms with Gasteiger partial charge >= 0.3 is 145 Å². The third kappa shape index (κ3) is 5.51. The number of hydrogen-bond acceptors (Lipinski definition) is 3. The van der Waals surface area contributed by atoms with E-state index in [-0.39, 0.29) is 18.3 Å². The van der Waals surface area contributed by atoms with E-state index in [2.05, 4.69) is 73.3 Å². The van der Waals surface area contributed by atoms with E-state index in [9.17, 15) is 0 Å². The van der Waals surface area contributed by atoms with Crippen LogP contribution in [0.25, 0.3) is 0 Å². The summed E-state index contributed by atoms with van der Waals surface area (Å²) in [6.07, 6.45) is 5.86. The Balaban J connectivity index is 3.39. The van der Waals surface area contributed by atoms with Gasteiger partial charge in [0.15, 0.2) is 0 Å². The van der Waals surface area contributed by atoms with Crippen molar-refractivity contribution in [3.63, 3.8) is 0 Å². The molecule has 0 unspecified atom stereocenters. The van der Waals surface area contributed by atoms with Gasteiger partial charge in [-0.05, 0) is 0 Å². The van der Waals surface area contributed by atoms with Gasteiger partial charge in [0.25, 0.3) is 0 Å². The van der Waals surface area contributed by atoms with Gasteiger partial charge in [0.1, 0.15) is 0 Å². The summed E-state index contributed by atoms with van der Waals surface area (Å²) in [4.78, 5) is 0. The van der Waals surface area contributed by atoms with Gasteiger partial charge < -0.3 is 0 Å².